The predicted octanol–water partition coefficient (Wildman–Crippen LogP) is 5.10. The molecule has 1 amide bonds. The molecule has 1 atom stereocenters. The Morgan fingerprint density at radius 1 is 1.31 bits per heavy atom. The highest BCUT2D eigenvalue weighted by Gasteiger charge is 2.21. The first kappa shape index (κ1) is 23.0. The van der Waals surface area contributed by atoms with Crippen LogP contribution in [0.4, 0.5) is 8.78 Å². The first-order valence-electron chi connectivity index (χ1n) is 10.3. The Morgan fingerprint density at radius 3 is 2.75 bits per heavy atom. The van der Waals surface area contributed by atoms with Crippen LogP contribution in [0.3, 0.4) is 0 Å². The first-order valence-corrected chi connectivity index (χ1v) is 10.3. The SMILES string of the molecule is CCCC[C@H](CN=[N+]=[N-])NC(=O)c1c(C)nc2c(OCc3c(F)cccc3F)cccn12. The number of nitrogens with zero attached hydrogens (tertiary/aromatic N) is 5. The molecule has 168 valence electrons. The number of fused-ring (bicyclic) bond motifs is 1. The quantitative estimate of drug-likeness (QED) is 0.268. The normalized spacial score (nSPS) is 11.8. The van der Waals surface area contributed by atoms with Gasteiger partial charge in [0.1, 0.15) is 23.9 Å². The van der Waals surface area contributed by atoms with Crippen molar-refractivity contribution in [3.05, 3.63) is 75.6 Å². The second-order valence-corrected chi connectivity index (χ2v) is 7.33. The number of benzene rings is 1. The molecule has 32 heavy (non-hydrogen) atoms. The van der Waals surface area contributed by atoms with Crippen molar-refractivity contribution in [1.82, 2.24) is 14.7 Å². The molecule has 0 saturated heterocycles. The van der Waals surface area contributed by atoms with Crippen molar-refractivity contribution >= 4 is 11.6 Å². The largest absolute Gasteiger partial charge is 0.485 e. The maximum Gasteiger partial charge on any atom is 0.270 e. The van der Waals surface area contributed by atoms with E-state index < -0.39 is 11.6 Å². The molecule has 0 aliphatic carbocycles. The third-order valence-corrected chi connectivity index (χ3v) is 5.04. The van der Waals surface area contributed by atoms with Gasteiger partial charge in [0, 0.05) is 23.7 Å². The van der Waals surface area contributed by atoms with Crippen LogP contribution >= 0.6 is 0 Å². The average molecular weight is 442 g/mol. The summed E-state index contributed by atoms with van der Waals surface area (Å²) in [6.45, 7) is 3.56. The number of azide groups is 1. The standard InChI is InChI=1S/C22H24F2N6O2/c1-3-4-7-15(12-26-29-25)28-22(31)20-14(2)27-21-19(10-6-11-30(20)21)32-13-16-17(23)8-5-9-18(16)24/h5-6,8-11,15H,3-4,7,12-13H2,1-2H3,(H,28,31)/t15-/m1/s1. The number of halogens is 2. The number of aryl methyl sites for hydroxylation is 1. The Labute approximate surface area is 183 Å². The maximum absolute atomic E-state index is 13.9. The molecule has 0 unspecified atom stereocenters. The number of imidazole rings is 1. The molecule has 0 bridgehead atoms. The summed E-state index contributed by atoms with van der Waals surface area (Å²) in [6, 6.07) is 6.59. The van der Waals surface area contributed by atoms with Gasteiger partial charge in [0.15, 0.2) is 11.4 Å². The minimum absolute atomic E-state index is 0.153. The number of pyridine rings is 1. The van der Waals surface area contributed by atoms with Crippen LogP contribution in [0.2, 0.25) is 0 Å². The number of amides is 1. The molecular formula is C22H24F2N6O2. The van der Waals surface area contributed by atoms with Gasteiger partial charge in [0.25, 0.3) is 5.91 Å². The number of aromatic nitrogens is 2. The molecule has 1 N–H and O–H groups in total. The van der Waals surface area contributed by atoms with E-state index in [-0.39, 0.29) is 36.4 Å². The Kier molecular flexibility index (Phi) is 7.62. The first-order chi connectivity index (χ1) is 15.5. The lowest BCUT2D eigenvalue weighted by Gasteiger charge is -2.16. The number of rotatable bonds is 10. The number of carbonyl (C=O) groups is 1. The van der Waals surface area contributed by atoms with E-state index in [4.69, 9.17) is 10.3 Å². The van der Waals surface area contributed by atoms with Crippen LogP contribution in [0.15, 0.2) is 41.6 Å². The van der Waals surface area contributed by atoms with E-state index in [1.165, 1.54) is 6.07 Å². The fourth-order valence-electron chi connectivity index (χ4n) is 3.41. The van der Waals surface area contributed by atoms with Gasteiger partial charge >= 0.3 is 0 Å². The smallest absolute Gasteiger partial charge is 0.270 e. The van der Waals surface area contributed by atoms with Gasteiger partial charge in [-0.3, -0.25) is 9.20 Å². The van der Waals surface area contributed by atoms with Gasteiger partial charge in [0.05, 0.1) is 11.3 Å². The minimum atomic E-state index is -0.699. The fraction of sp³-hybridized carbons (Fsp3) is 0.364. The lowest BCUT2D eigenvalue weighted by Crippen LogP contribution is -2.37. The van der Waals surface area contributed by atoms with Gasteiger partial charge < -0.3 is 10.1 Å². The second kappa shape index (κ2) is 10.6. The second-order valence-electron chi connectivity index (χ2n) is 7.33. The van der Waals surface area contributed by atoms with Gasteiger partial charge in [-0.15, -0.1) is 0 Å². The van der Waals surface area contributed by atoms with E-state index in [0.717, 1.165) is 25.0 Å². The van der Waals surface area contributed by atoms with E-state index >= 15 is 0 Å². The topological polar surface area (TPSA) is 104 Å². The highest BCUT2D eigenvalue weighted by Crippen LogP contribution is 2.24. The average Bonchev–Trinajstić information content (AvgIpc) is 3.11. The van der Waals surface area contributed by atoms with Crippen LogP contribution in [0.1, 0.15) is 47.9 Å². The summed E-state index contributed by atoms with van der Waals surface area (Å²) in [7, 11) is 0. The number of unbranched alkanes of at least 4 members (excludes halogenated alkanes) is 1. The molecule has 0 fully saturated rings. The highest BCUT2D eigenvalue weighted by atomic mass is 19.1. The summed E-state index contributed by atoms with van der Waals surface area (Å²) in [5.41, 5.74) is 9.56. The Morgan fingerprint density at radius 2 is 2.06 bits per heavy atom. The molecular weight excluding hydrogens is 418 g/mol. The number of hydrogen-bond acceptors (Lipinski definition) is 4. The Hall–Kier alpha value is -3.65. The fourth-order valence-corrected chi connectivity index (χ4v) is 3.41. The van der Waals surface area contributed by atoms with Gasteiger partial charge in [-0.1, -0.05) is 30.9 Å². The number of carbonyl (C=O) groups excluding carboxylic acids is 1. The van der Waals surface area contributed by atoms with E-state index in [0.29, 0.717) is 23.5 Å². The van der Waals surface area contributed by atoms with Crippen molar-refractivity contribution in [2.24, 2.45) is 5.11 Å². The molecule has 2 heterocycles. The van der Waals surface area contributed by atoms with Gasteiger partial charge in [0.2, 0.25) is 0 Å². The van der Waals surface area contributed by atoms with Crippen molar-refractivity contribution in [3.63, 3.8) is 0 Å². The predicted molar refractivity (Wildman–Crippen MR) is 115 cm³/mol. The van der Waals surface area contributed by atoms with Crippen LogP contribution in [-0.2, 0) is 6.61 Å². The molecule has 0 aliphatic heterocycles. The Balaban J connectivity index is 1.85. The molecule has 8 nitrogen and oxygen atoms in total. The zero-order valence-electron chi connectivity index (χ0n) is 17.9. The van der Waals surface area contributed by atoms with E-state index in [1.54, 1.807) is 29.7 Å². The molecule has 0 radical (unpaired) electrons. The van der Waals surface area contributed by atoms with E-state index in [1.807, 2.05) is 6.92 Å². The molecule has 3 aromatic rings. The third kappa shape index (κ3) is 5.15. The third-order valence-electron chi connectivity index (χ3n) is 5.04. The molecule has 10 heteroatoms. The maximum atomic E-state index is 13.9. The van der Waals surface area contributed by atoms with Crippen molar-refractivity contribution in [2.75, 3.05) is 6.54 Å². The van der Waals surface area contributed by atoms with Crippen molar-refractivity contribution in [1.29, 1.82) is 0 Å². The lowest BCUT2D eigenvalue weighted by atomic mass is 10.1. The summed E-state index contributed by atoms with van der Waals surface area (Å²) < 4.78 is 35.1. The van der Waals surface area contributed by atoms with Crippen molar-refractivity contribution in [3.8, 4) is 5.75 Å². The summed E-state index contributed by atoms with van der Waals surface area (Å²) in [5.74, 6) is -1.47. The molecule has 0 spiro atoms. The summed E-state index contributed by atoms with van der Waals surface area (Å²) in [5, 5.41) is 6.50. The van der Waals surface area contributed by atoms with Crippen LogP contribution in [0.25, 0.3) is 16.1 Å². The van der Waals surface area contributed by atoms with Crippen LogP contribution in [0, 0.1) is 18.6 Å². The van der Waals surface area contributed by atoms with E-state index in [9.17, 15) is 13.6 Å². The van der Waals surface area contributed by atoms with Crippen LogP contribution in [-0.4, -0.2) is 27.9 Å². The lowest BCUT2D eigenvalue weighted by molar-refractivity contribution is 0.0929. The summed E-state index contributed by atoms with van der Waals surface area (Å²) in [6.07, 6.45) is 4.16. The molecule has 2 aromatic heterocycles. The van der Waals surface area contributed by atoms with Gasteiger partial charge in [-0.05, 0) is 43.1 Å². The van der Waals surface area contributed by atoms with Crippen molar-refractivity contribution in [2.45, 2.75) is 45.8 Å². The number of hydrogen-bond donors (Lipinski definition) is 1. The van der Waals surface area contributed by atoms with E-state index in [2.05, 4.69) is 20.3 Å². The van der Waals surface area contributed by atoms with Crippen molar-refractivity contribution < 1.29 is 18.3 Å². The molecule has 0 saturated carbocycles. The monoisotopic (exact) mass is 442 g/mol. The Bertz CT molecular complexity index is 1140. The molecule has 3 rings (SSSR count). The summed E-state index contributed by atoms with van der Waals surface area (Å²) in [4.78, 5) is 20.2. The zero-order valence-corrected chi connectivity index (χ0v) is 17.9. The molecule has 1 aromatic carbocycles. The minimum Gasteiger partial charge on any atom is -0.485 e. The summed E-state index contributed by atoms with van der Waals surface area (Å²) >= 11 is 0. The molecule has 0 aliphatic rings. The number of nitrogens with one attached hydrogen (secondary N) is 1. The van der Waals surface area contributed by atoms with Crippen LogP contribution < -0.4 is 10.1 Å². The highest BCUT2D eigenvalue weighted by molar-refractivity contribution is 5.95. The zero-order chi connectivity index (χ0) is 23.1. The van der Waals surface area contributed by atoms with Gasteiger partial charge in [-0.2, -0.15) is 0 Å². The number of ether oxygens (including phenoxy) is 1. The van der Waals surface area contributed by atoms with Gasteiger partial charge in [-0.25, -0.2) is 13.8 Å². The van der Waals surface area contributed by atoms with Crippen LogP contribution in [0.5, 0.6) is 5.75 Å².